The third-order valence-corrected chi connectivity index (χ3v) is 7.77. The molecule has 0 heterocycles. The second kappa shape index (κ2) is 7.21. The van der Waals surface area contributed by atoms with Gasteiger partial charge in [-0.1, -0.05) is 18.6 Å². The molecule has 5 atom stereocenters. The van der Waals surface area contributed by atoms with Gasteiger partial charge in [-0.3, -0.25) is 4.79 Å². The highest BCUT2D eigenvalue weighted by Crippen LogP contribution is 2.61. The van der Waals surface area contributed by atoms with Crippen LogP contribution in [0.1, 0.15) is 58.3 Å². The standard InChI is InChI=1S/C22H32O4/c1-22-9-8-17-16-5-3-15(26-11-10-23)12-14(16)2-4-18(17)19(22)6-7-20(22)21(25)13-24/h8,15,18-20,23-24H,2-7,9-13H2,1H3. The van der Waals surface area contributed by atoms with Gasteiger partial charge in [-0.05, 0) is 79.8 Å². The Hall–Kier alpha value is -0.970. The second-order valence-electron chi connectivity index (χ2n) is 8.92. The van der Waals surface area contributed by atoms with Gasteiger partial charge < -0.3 is 14.9 Å². The van der Waals surface area contributed by atoms with Crippen LogP contribution in [0.3, 0.4) is 0 Å². The Morgan fingerprint density at radius 2 is 2.08 bits per heavy atom. The fraction of sp³-hybridized carbons (Fsp3) is 0.773. The summed E-state index contributed by atoms with van der Waals surface area (Å²) < 4.78 is 5.79. The van der Waals surface area contributed by atoms with E-state index in [1.807, 2.05) is 0 Å². The van der Waals surface area contributed by atoms with Crippen molar-refractivity contribution in [2.75, 3.05) is 19.8 Å². The highest BCUT2D eigenvalue weighted by molar-refractivity contribution is 5.83. The van der Waals surface area contributed by atoms with E-state index < -0.39 is 0 Å². The Balaban J connectivity index is 1.56. The van der Waals surface area contributed by atoms with Gasteiger partial charge in [0.05, 0.1) is 19.3 Å². The SMILES string of the molecule is CC12CC=C3C4=C(CCC3C1CCC2C(=O)CO)CC(OCCO)CC4. The Bertz CT molecular complexity index is 634. The van der Waals surface area contributed by atoms with Gasteiger partial charge >= 0.3 is 0 Å². The number of carbonyl (C=O) groups excluding carboxylic acids is 1. The lowest BCUT2D eigenvalue weighted by Gasteiger charge is -2.48. The number of rotatable bonds is 5. The van der Waals surface area contributed by atoms with Crippen molar-refractivity contribution in [2.24, 2.45) is 23.2 Å². The summed E-state index contributed by atoms with van der Waals surface area (Å²) in [5.74, 6) is 1.26. The number of carbonyl (C=O) groups is 1. The highest BCUT2D eigenvalue weighted by Gasteiger charge is 2.54. The smallest absolute Gasteiger partial charge is 0.161 e. The molecule has 4 aliphatic rings. The molecule has 4 rings (SSSR count). The van der Waals surface area contributed by atoms with Crippen LogP contribution in [0.5, 0.6) is 0 Å². The number of hydrogen-bond acceptors (Lipinski definition) is 4. The van der Waals surface area contributed by atoms with Crippen LogP contribution >= 0.6 is 0 Å². The molecule has 5 unspecified atom stereocenters. The Morgan fingerprint density at radius 3 is 2.85 bits per heavy atom. The van der Waals surface area contributed by atoms with Crippen LogP contribution in [0.2, 0.25) is 0 Å². The van der Waals surface area contributed by atoms with Gasteiger partial charge in [0.15, 0.2) is 5.78 Å². The van der Waals surface area contributed by atoms with Gasteiger partial charge in [0.2, 0.25) is 0 Å². The molecule has 0 aromatic rings. The molecule has 4 aliphatic carbocycles. The van der Waals surface area contributed by atoms with Crippen LogP contribution in [0.25, 0.3) is 0 Å². The summed E-state index contributed by atoms with van der Waals surface area (Å²) in [5.41, 5.74) is 4.77. The maximum atomic E-state index is 12.3. The highest BCUT2D eigenvalue weighted by atomic mass is 16.5. The first-order valence-electron chi connectivity index (χ1n) is 10.4. The van der Waals surface area contributed by atoms with Gasteiger partial charge in [-0.2, -0.15) is 0 Å². The summed E-state index contributed by atoms with van der Waals surface area (Å²) in [6.45, 7) is 2.53. The molecular weight excluding hydrogens is 328 g/mol. The molecular formula is C22H32O4. The molecule has 144 valence electrons. The lowest BCUT2D eigenvalue weighted by atomic mass is 9.57. The molecule has 4 nitrogen and oxygen atoms in total. The number of fused-ring (bicyclic) bond motifs is 4. The summed E-state index contributed by atoms with van der Waals surface area (Å²) in [7, 11) is 0. The van der Waals surface area contributed by atoms with Gasteiger partial charge in [0.25, 0.3) is 0 Å². The minimum Gasteiger partial charge on any atom is -0.394 e. The van der Waals surface area contributed by atoms with E-state index in [9.17, 15) is 9.90 Å². The first kappa shape index (κ1) is 18.4. The van der Waals surface area contributed by atoms with Crippen molar-refractivity contribution < 1.29 is 19.7 Å². The van der Waals surface area contributed by atoms with Crippen molar-refractivity contribution in [3.8, 4) is 0 Å². The summed E-state index contributed by atoms with van der Waals surface area (Å²) in [5, 5.41) is 18.4. The van der Waals surface area contributed by atoms with Crippen LogP contribution in [0, 0.1) is 23.2 Å². The van der Waals surface area contributed by atoms with Gasteiger partial charge in [-0.25, -0.2) is 0 Å². The molecule has 0 spiro atoms. The molecule has 0 aliphatic heterocycles. The molecule has 0 aromatic heterocycles. The lowest BCUT2D eigenvalue weighted by molar-refractivity contribution is -0.129. The summed E-state index contributed by atoms with van der Waals surface area (Å²) in [6, 6.07) is 0. The molecule has 26 heavy (non-hydrogen) atoms. The topological polar surface area (TPSA) is 66.8 Å². The molecule has 0 aromatic carbocycles. The molecule has 0 bridgehead atoms. The average Bonchev–Trinajstić information content (AvgIpc) is 3.02. The number of ether oxygens (including phenoxy) is 1. The largest absolute Gasteiger partial charge is 0.394 e. The summed E-state index contributed by atoms with van der Waals surface area (Å²) >= 11 is 0. The number of aliphatic hydroxyl groups is 2. The Labute approximate surface area is 156 Å². The predicted octanol–water partition coefficient (Wildman–Crippen LogP) is 3.18. The van der Waals surface area contributed by atoms with Crippen molar-refractivity contribution in [1.29, 1.82) is 0 Å². The fourth-order valence-electron chi connectivity index (χ4n) is 6.53. The van der Waals surface area contributed by atoms with Crippen LogP contribution in [0.4, 0.5) is 0 Å². The molecule has 1 saturated carbocycles. The van der Waals surface area contributed by atoms with Gasteiger partial charge in [-0.15, -0.1) is 0 Å². The molecule has 4 heteroatoms. The second-order valence-corrected chi connectivity index (χ2v) is 8.92. The number of allylic oxidation sites excluding steroid dienone is 3. The third kappa shape index (κ3) is 2.90. The van der Waals surface area contributed by atoms with E-state index in [1.54, 1.807) is 16.7 Å². The summed E-state index contributed by atoms with van der Waals surface area (Å²) in [6.07, 6.45) is 11.3. The van der Waals surface area contributed by atoms with Crippen LogP contribution < -0.4 is 0 Å². The van der Waals surface area contributed by atoms with Crippen molar-refractivity contribution in [1.82, 2.24) is 0 Å². The zero-order valence-corrected chi connectivity index (χ0v) is 15.9. The minimum absolute atomic E-state index is 0.0352. The van der Waals surface area contributed by atoms with Crippen molar-refractivity contribution >= 4 is 5.78 Å². The predicted molar refractivity (Wildman–Crippen MR) is 99.5 cm³/mol. The number of ketones is 1. The maximum Gasteiger partial charge on any atom is 0.161 e. The van der Waals surface area contributed by atoms with Crippen molar-refractivity contribution in [3.05, 3.63) is 22.8 Å². The zero-order chi connectivity index (χ0) is 18.3. The average molecular weight is 360 g/mol. The van der Waals surface area contributed by atoms with E-state index in [4.69, 9.17) is 9.84 Å². The quantitative estimate of drug-likeness (QED) is 0.790. The first-order valence-corrected chi connectivity index (χ1v) is 10.4. The van der Waals surface area contributed by atoms with E-state index in [0.29, 0.717) is 18.4 Å². The fourth-order valence-corrected chi connectivity index (χ4v) is 6.53. The number of aliphatic hydroxyl groups excluding tert-OH is 2. The van der Waals surface area contributed by atoms with Crippen LogP contribution in [-0.4, -0.2) is 41.9 Å². The van der Waals surface area contributed by atoms with E-state index in [2.05, 4.69) is 13.0 Å². The third-order valence-electron chi connectivity index (χ3n) is 7.77. The van der Waals surface area contributed by atoms with Crippen molar-refractivity contribution in [3.63, 3.8) is 0 Å². The molecule has 0 amide bonds. The van der Waals surface area contributed by atoms with E-state index in [1.165, 1.54) is 6.42 Å². The number of Topliss-reactive ketones (excluding diaryl/α,β-unsaturated/α-hetero) is 1. The van der Waals surface area contributed by atoms with Gasteiger partial charge in [0.1, 0.15) is 6.61 Å². The first-order chi connectivity index (χ1) is 12.6. The Kier molecular flexibility index (Phi) is 5.10. The van der Waals surface area contributed by atoms with Crippen molar-refractivity contribution in [2.45, 2.75) is 64.4 Å². The Morgan fingerprint density at radius 1 is 1.23 bits per heavy atom. The van der Waals surface area contributed by atoms with E-state index in [-0.39, 0.29) is 36.4 Å². The molecule has 1 fully saturated rings. The van der Waals surface area contributed by atoms with Crippen LogP contribution in [0.15, 0.2) is 22.8 Å². The van der Waals surface area contributed by atoms with Crippen LogP contribution in [-0.2, 0) is 9.53 Å². The molecule has 2 N–H and O–H groups in total. The normalized spacial score (nSPS) is 39.1. The minimum atomic E-state index is -0.307. The molecule has 0 radical (unpaired) electrons. The maximum absolute atomic E-state index is 12.3. The monoisotopic (exact) mass is 360 g/mol. The van der Waals surface area contributed by atoms with E-state index >= 15 is 0 Å². The zero-order valence-electron chi connectivity index (χ0n) is 15.9. The lowest BCUT2D eigenvalue weighted by Crippen LogP contribution is -2.41. The number of hydrogen-bond donors (Lipinski definition) is 2. The van der Waals surface area contributed by atoms with Gasteiger partial charge in [0, 0.05) is 5.92 Å². The molecule has 0 saturated heterocycles. The van der Waals surface area contributed by atoms with E-state index in [0.717, 1.165) is 44.9 Å². The summed E-state index contributed by atoms with van der Waals surface area (Å²) in [4.78, 5) is 12.3.